The molecule has 0 fully saturated rings. The Morgan fingerprint density at radius 2 is 2.15 bits per heavy atom. The van der Waals surface area contributed by atoms with Gasteiger partial charge in [-0.2, -0.15) is 0 Å². The average molecular weight is 279 g/mol. The summed E-state index contributed by atoms with van der Waals surface area (Å²) >= 11 is 0. The van der Waals surface area contributed by atoms with Crippen LogP contribution in [0.25, 0.3) is 0 Å². The van der Waals surface area contributed by atoms with E-state index in [-0.39, 0.29) is 18.0 Å². The molecule has 1 aromatic carbocycles. The van der Waals surface area contributed by atoms with E-state index in [1.807, 2.05) is 0 Å². The summed E-state index contributed by atoms with van der Waals surface area (Å²) in [6.07, 6.45) is 0.847. The molecule has 20 heavy (non-hydrogen) atoms. The van der Waals surface area contributed by atoms with E-state index >= 15 is 0 Å². The number of carbonyl (C=O) groups is 2. The van der Waals surface area contributed by atoms with E-state index in [0.29, 0.717) is 18.5 Å². The lowest BCUT2D eigenvalue weighted by molar-refractivity contribution is -0.116. The fourth-order valence-corrected chi connectivity index (χ4v) is 1.98. The second kappa shape index (κ2) is 5.20. The van der Waals surface area contributed by atoms with Crippen LogP contribution in [0.15, 0.2) is 12.1 Å². The van der Waals surface area contributed by atoms with Crippen molar-refractivity contribution in [3.05, 3.63) is 29.1 Å². The van der Waals surface area contributed by atoms with Gasteiger partial charge in [-0.1, -0.05) is 0 Å². The highest BCUT2D eigenvalue weighted by Crippen LogP contribution is 2.25. The zero-order chi connectivity index (χ0) is 14.9. The lowest BCUT2D eigenvalue weighted by Gasteiger charge is -2.20. The highest BCUT2D eigenvalue weighted by Gasteiger charge is 2.21. The molecular formula is C14H18FN3O2. The first kappa shape index (κ1) is 14.5. The van der Waals surface area contributed by atoms with Crippen LogP contribution in [0.1, 0.15) is 36.2 Å². The number of fused-ring (bicyclic) bond motifs is 1. The highest BCUT2D eigenvalue weighted by molar-refractivity contribution is 5.98. The molecule has 1 aromatic rings. The molecule has 0 saturated carbocycles. The van der Waals surface area contributed by atoms with Crippen LogP contribution in [0.3, 0.4) is 0 Å². The Morgan fingerprint density at radius 3 is 2.80 bits per heavy atom. The van der Waals surface area contributed by atoms with Crippen molar-refractivity contribution in [1.82, 2.24) is 5.32 Å². The molecule has 0 unspecified atom stereocenters. The van der Waals surface area contributed by atoms with Crippen LogP contribution in [0.5, 0.6) is 0 Å². The minimum absolute atomic E-state index is 0.0239. The number of rotatable bonds is 3. The zero-order valence-corrected chi connectivity index (χ0v) is 11.5. The quantitative estimate of drug-likeness (QED) is 0.776. The average Bonchev–Trinajstić information content (AvgIpc) is 2.34. The monoisotopic (exact) mass is 279 g/mol. The maximum Gasteiger partial charge on any atom is 0.254 e. The van der Waals surface area contributed by atoms with E-state index in [4.69, 9.17) is 5.73 Å². The van der Waals surface area contributed by atoms with E-state index in [0.717, 1.165) is 5.56 Å². The molecule has 108 valence electrons. The van der Waals surface area contributed by atoms with E-state index in [1.165, 1.54) is 12.1 Å². The van der Waals surface area contributed by atoms with E-state index in [1.54, 1.807) is 13.8 Å². The summed E-state index contributed by atoms with van der Waals surface area (Å²) < 4.78 is 13.9. The van der Waals surface area contributed by atoms with Crippen molar-refractivity contribution in [3.8, 4) is 0 Å². The van der Waals surface area contributed by atoms with Gasteiger partial charge in [0.15, 0.2) is 0 Å². The molecule has 2 rings (SSSR count). The van der Waals surface area contributed by atoms with Gasteiger partial charge in [0.2, 0.25) is 5.91 Å². The number of benzene rings is 1. The number of amides is 2. The first-order valence-corrected chi connectivity index (χ1v) is 6.45. The van der Waals surface area contributed by atoms with Crippen molar-refractivity contribution >= 4 is 17.5 Å². The lowest BCUT2D eigenvalue weighted by Crippen LogP contribution is -2.45. The third-order valence-electron chi connectivity index (χ3n) is 3.04. The number of nitrogens with two attached hydrogens (primary N) is 1. The third kappa shape index (κ3) is 3.33. The molecule has 0 saturated heterocycles. The van der Waals surface area contributed by atoms with Gasteiger partial charge in [0, 0.05) is 24.2 Å². The Labute approximate surface area is 116 Å². The molecule has 0 spiro atoms. The van der Waals surface area contributed by atoms with E-state index in [2.05, 4.69) is 10.6 Å². The van der Waals surface area contributed by atoms with Crippen LogP contribution in [-0.4, -0.2) is 23.9 Å². The van der Waals surface area contributed by atoms with Crippen LogP contribution in [0.2, 0.25) is 0 Å². The first-order chi connectivity index (χ1) is 9.26. The summed E-state index contributed by atoms with van der Waals surface area (Å²) in [5.74, 6) is -1.29. The number of anilines is 1. The topological polar surface area (TPSA) is 84.2 Å². The summed E-state index contributed by atoms with van der Waals surface area (Å²) in [7, 11) is 0. The fraction of sp³-hybridized carbons (Fsp3) is 0.429. The van der Waals surface area contributed by atoms with Crippen LogP contribution >= 0.6 is 0 Å². The van der Waals surface area contributed by atoms with Crippen molar-refractivity contribution in [2.45, 2.75) is 32.2 Å². The van der Waals surface area contributed by atoms with Gasteiger partial charge in [-0.05, 0) is 38.0 Å². The van der Waals surface area contributed by atoms with Crippen molar-refractivity contribution < 1.29 is 14.0 Å². The molecule has 5 nitrogen and oxygen atoms in total. The number of hydrogen-bond acceptors (Lipinski definition) is 3. The van der Waals surface area contributed by atoms with Gasteiger partial charge in [0.25, 0.3) is 5.91 Å². The summed E-state index contributed by atoms with van der Waals surface area (Å²) in [5.41, 5.74) is 6.39. The molecule has 1 heterocycles. The fourth-order valence-electron chi connectivity index (χ4n) is 1.98. The summed E-state index contributed by atoms with van der Waals surface area (Å²) in [4.78, 5) is 23.2. The second-order valence-corrected chi connectivity index (χ2v) is 5.71. The molecular weight excluding hydrogens is 261 g/mol. The number of hydrogen-bond donors (Lipinski definition) is 3. The van der Waals surface area contributed by atoms with Gasteiger partial charge < -0.3 is 16.4 Å². The van der Waals surface area contributed by atoms with Crippen molar-refractivity contribution in [2.75, 3.05) is 11.9 Å². The van der Waals surface area contributed by atoms with Gasteiger partial charge in [0.1, 0.15) is 5.82 Å². The first-order valence-electron chi connectivity index (χ1n) is 6.45. The Bertz CT molecular complexity index is 564. The molecule has 2 amide bonds. The van der Waals surface area contributed by atoms with Gasteiger partial charge in [-0.25, -0.2) is 4.39 Å². The largest absolute Gasteiger partial charge is 0.350 e. The molecule has 1 aliphatic heterocycles. The molecule has 0 radical (unpaired) electrons. The van der Waals surface area contributed by atoms with Crippen molar-refractivity contribution in [1.29, 1.82) is 0 Å². The maximum absolute atomic E-state index is 13.9. The van der Waals surface area contributed by atoms with Gasteiger partial charge >= 0.3 is 0 Å². The lowest BCUT2D eigenvalue weighted by atomic mass is 9.99. The smallest absolute Gasteiger partial charge is 0.254 e. The Hall–Kier alpha value is -1.95. The predicted octanol–water partition coefficient (Wildman–Crippen LogP) is 1.18. The van der Waals surface area contributed by atoms with Crippen LogP contribution in [-0.2, 0) is 11.2 Å². The Balaban J connectivity index is 2.20. The van der Waals surface area contributed by atoms with Crippen LogP contribution in [0.4, 0.5) is 10.1 Å². The number of halogens is 1. The number of nitrogens with one attached hydrogen (secondary N) is 2. The highest BCUT2D eigenvalue weighted by atomic mass is 19.1. The van der Waals surface area contributed by atoms with Crippen molar-refractivity contribution in [3.63, 3.8) is 0 Å². The van der Waals surface area contributed by atoms with E-state index in [9.17, 15) is 14.0 Å². The molecule has 0 atom stereocenters. The molecule has 6 heteroatoms. The Morgan fingerprint density at radius 1 is 1.45 bits per heavy atom. The number of carbonyl (C=O) groups excluding carboxylic acids is 2. The summed E-state index contributed by atoms with van der Waals surface area (Å²) in [6.45, 7) is 3.79. The maximum atomic E-state index is 13.9. The number of aryl methyl sites for hydroxylation is 1. The Kier molecular flexibility index (Phi) is 3.76. The molecule has 0 aliphatic carbocycles. The SMILES string of the molecule is CC(C)(N)CNC(=O)c1cc2c(cc1F)NC(=O)CC2. The van der Waals surface area contributed by atoms with Gasteiger partial charge in [-0.3, -0.25) is 9.59 Å². The van der Waals surface area contributed by atoms with Gasteiger partial charge in [-0.15, -0.1) is 0 Å². The second-order valence-electron chi connectivity index (χ2n) is 5.71. The molecule has 0 bridgehead atoms. The predicted molar refractivity (Wildman–Crippen MR) is 74.0 cm³/mol. The molecule has 0 aromatic heterocycles. The van der Waals surface area contributed by atoms with Crippen LogP contribution in [0, 0.1) is 5.82 Å². The van der Waals surface area contributed by atoms with Crippen LogP contribution < -0.4 is 16.4 Å². The normalized spacial score (nSPS) is 14.5. The standard InChI is InChI=1S/C14H18FN3O2/c1-14(2,16)7-17-13(20)9-5-8-3-4-12(19)18-11(8)6-10(9)15/h5-6H,3-4,7,16H2,1-2H3,(H,17,20)(H,18,19). The summed E-state index contributed by atoms with van der Waals surface area (Å²) in [5, 5.41) is 5.20. The molecule has 4 N–H and O–H groups in total. The van der Waals surface area contributed by atoms with Crippen molar-refractivity contribution in [2.24, 2.45) is 5.73 Å². The minimum Gasteiger partial charge on any atom is -0.350 e. The third-order valence-corrected chi connectivity index (χ3v) is 3.04. The van der Waals surface area contributed by atoms with Gasteiger partial charge in [0.05, 0.1) is 5.56 Å². The van der Waals surface area contributed by atoms with E-state index < -0.39 is 17.3 Å². The zero-order valence-electron chi connectivity index (χ0n) is 11.5. The minimum atomic E-state index is -0.654. The molecule has 1 aliphatic rings. The summed E-state index contributed by atoms with van der Waals surface area (Å²) in [6, 6.07) is 2.68.